The molecule has 0 aliphatic carbocycles. The molecular weight excluding hydrogens is 354 g/mol. The number of amides is 2. The molecule has 136 valence electrons. The molecule has 0 atom stereocenters. The molecule has 2 aromatic rings. The molecule has 1 aliphatic heterocycles. The van der Waals surface area contributed by atoms with Crippen molar-refractivity contribution in [1.82, 2.24) is 20.2 Å². The number of nitrogens with one attached hydrogen (secondary N) is 1. The molecule has 8 heteroatoms. The summed E-state index contributed by atoms with van der Waals surface area (Å²) in [6, 6.07) is 9.04. The number of aromatic nitrogens is 2. The van der Waals surface area contributed by atoms with E-state index in [1.54, 1.807) is 24.0 Å². The van der Waals surface area contributed by atoms with Crippen LogP contribution in [0.25, 0.3) is 0 Å². The third-order valence-electron chi connectivity index (χ3n) is 4.33. The summed E-state index contributed by atoms with van der Waals surface area (Å²) in [7, 11) is 0. The zero-order valence-electron chi connectivity index (χ0n) is 14.5. The van der Waals surface area contributed by atoms with Gasteiger partial charge in [0.1, 0.15) is 17.8 Å². The first-order valence-corrected chi connectivity index (χ1v) is 8.76. The maximum Gasteiger partial charge on any atom is 0.270 e. The average Bonchev–Trinajstić information content (AvgIpc) is 2.67. The van der Waals surface area contributed by atoms with Gasteiger partial charge in [-0.05, 0) is 11.6 Å². The summed E-state index contributed by atoms with van der Waals surface area (Å²) in [6.07, 6.45) is 1.39. The number of piperazine rings is 1. The lowest BCUT2D eigenvalue weighted by atomic mass is 10.2. The standard InChI is InChI=1S/C18H20ClN5O2/c1-13(25)23-6-8-24(9-7-23)17-10-16(21-12-22-17)18(26)20-11-14-4-2-3-5-15(14)19/h2-5,10,12H,6-9,11H2,1H3,(H,20,26). The molecular formula is C18H20ClN5O2. The Kier molecular flexibility index (Phi) is 5.68. The molecule has 1 aromatic heterocycles. The van der Waals surface area contributed by atoms with E-state index >= 15 is 0 Å². The van der Waals surface area contributed by atoms with Gasteiger partial charge in [0.15, 0.2) is 0 Å². The summed E-state index contributed by atoms with van der Waals surface area (Å²) >= 11 is 6.10. The second-order valence-electron chi connectivity index (χ2n) is 6.03. The normalized spacial score (nSPS) is 14.2. The molecule has 0 saturated carbocycles. The molecule has 2 heterocycles. The number of hydrogen-bond donors (Lipinski definition) is 1. The number of carbonyl (C=O) groups is 2. The first kappa shape index (κ1) is 18.1. The Morgan fingerprint density at radius 3 is 2.58 bits per heavy atom. The Balaban J connectivity index is 1.63. The largest absolute Gasteiger partial charge is 0.353 e. The maximum atomic E-state index is 12.4. The summed E-state index contributed by atoms with van der Waals surface area (Å²) in [5.74, 6) is 0.481. The van der Waals surface area contributed by atoms with Gasteiger partial charge >= 0.3 is 0 Å². The van der Waals surface area contributed by atoms with Crippen LogP contribution in [-0.2, 0) is 11.3 Å². The minimum Gasteiger partial charge on any atom is -0.353 e. The Bertz CT molecular complexity index is 806. The summed E-state index contributed by atoms with van der Waals surface area (Å²) in [5.41, 5.74) is 1.15. The van der Waals surface area contributed by atoms with E-state index in [1.807, 2.05) is 23.1 Å². The Labute approximate surface area is 157 Å². The van der Waals surface area contributed by atoms with E-state index in [9.17, 15) is 9.59 Å². The first-order chi connectivity index (χ1) is 12.5. The van der Waals surface area contributed by atoms with E-state index < -0.39 is 0 Å². The molecule has 1 aliphatic rings. The number of rotatable bonds is 4. The highest BCUT2D eigenvalue weighted by Crippen LogP contribution is 2.16. The van der Waals surface area contributed by atoms with Gasteiger partial charge in [-0.3, -0.25) is 9.59 Å². The number of halogens is 1. The SMILES string of the molecule is CC(=O)N1CCN(c2cc(C(=O)NCc3ccccc3Cl)ncn2)CC1. The smallest absolute Gasteiger partial charge is 0.270 e. The lowest BCUT2D eigenvalue weighted by Gasteiger charge is -2.34. The van der Waals surface area contributed by atoms with Gasteiger partial charge in [-0.15, -0.1) is 0 Å². The predicted octanol–water partition coefficient (Wildman–Crippen LogP) is 1.73. The van der Waals surface area contributed by atoms with Crippen molar-refractivity contribution in [1.29, 1.82) is 0 Å². The quantitative estimate of drug-likeness (QED) is 0.883. The van der Waals surface area contributed by atoms with Crippen molar-refractivity contribution in [2.24, 2.45) is 0 Å². The molecule has 26 heavy (non-hydrogen) atoms. The van der Waals surface area contributed by atoms with Crippen molar-refractivity contribution in [3.8, 4) is 0 Å². The van der Waals surface area contributed by atoms with Crippen LogP contribution in [0.5, 0.6) is 0 Å². The number of benzene rings is 1. The Morgan fingerprint density at radius 1 is 1.15 bits per heavy atom. The monoisotopic (exact) mass is 373 g/mol. The number of nitrogens with zero attached hydrogens (tertiary/aromatic N) is 4. The van der Waals surface area contributed by atoms with Crippen LogP contribution >= 0.6 is 11.6 Å². The van der Waals surface area contributed by atoms with E-state index in [0.29, 0.717) is 49.3 Å². The van der Waals surface area contributed by atoms with Crippen LogP contribution in [0.3, 0.4) is 0 Å². The minimum absolute atomic E-state index is 0.0759. The van der Waals surface area contributed by atoms with Crippen LogP contribution < -0.4 is 10.2 Å². The van der Waals surface area contributed by atoms with Crippen molar-refractivity contribution in [2.75, 3.05) is 31.1 Å². The molecule has 1 aromatic carbocycles. The molecule has 1 fully saturated rings. The van der Waals surface area contributed by atoms with Gasteiger partial charge in [0.05, 0.1) is 0 Å². The summed E-state index contributed by atoms with van der Waals surface area (Å²) in [5, 5.41) is 3.43. The molecule has 0 spiro atoms. The molecule has 0 radical (unpaired) electrons. The Hall–Kier alpha value is -2.67. The maximum absolute atomic E-state index is 12.4. The van der Waals surface area contributed by atoms with Gasteiger partial charge in [0.2, 0.25) is 5.91 Å². The van der Waals surface area contributed by atoms with Crippen LogP contribution in [0.15, 0.2) is 36.7 Å². The fourth-order valence-corrected chi connectivity index (χ4v) is 3.00. The lowest BCUT2D eigenvalue weighted by molar-refractivity contribution is -0.129. The van der Waals surface area contributed by atoms with E-state index in [4.69, 9.17) is 11.6 Å². The molecule has 7 nitrogen and oxygen atoms in total. The minimum atomic E-state index is -0.282. The third-order valence-corrected chi connectivity index (χ3v) is 4.70. The van der Waals surface area contributed by atoms with Crippen LogP contribution in [0.4, 0.5) is 5.82 Å². The highest BCUT2D eigenvalue weighted by molar-refractivity contribution is 6.31. The van der Waals surface area contributed by atoms with Crippen LogP contribution in [0.2, 0.25) is 5.02 Å². The molecule has 1 saturated heterocycles. The summed E-state index contributed by atoms with van der Waals surface area (Å²) < 4.78 is 0. The lowest BCUT2D eigenvalue weighted by Crippen LogP contribution is -2.48. The first-order valence-electron chi connectivity index (χ1n) is 8.38. The topological polar surface area (TPSA) is 78.4 Å². The molecule has 1 N–H and O–H groups in total. The van der Waals surface area contributed by atoms with Crippen molar-refractivity contribution < 1.29 is 9.59 Å². The summed E-state index contributed by atoms with van der Waals surface area (Å²) in [4.78, 5) is 36.0. The second kappa shape index (κ2) is 8.14. The van der Waals surface area contributed by atoms with Crippen molar-refractivity contribution in [3.05, 3.63) is 52.9 Å². The average molecular weight is 374 g/mol. The van der Waals surface area contributed by atoms with Crippen LogP contribution in [0, 0.1) is 0 Å². The van der Waals surface area contributed by atoms with Gasteiger partial charge in [0, 0.05) is 50.7 Å². The molecule has 0 bridgehead atoms. The van der Waals surface area contributed by atoms with Gasteiger partial charge in [-0.1, -0.05) is 29.8 Å². The second-order valence-corrected chi connectivity index (χ2v) is 6.44. The van der Waals surface area contributed by atoms with Gasteiger partial charge in [-0.2, -0.15) is 0 Å². The third kappa shape index (κ3) is 4.29. The zero-order chi connectivity index (χ0) is 18.5. The van der Waals surface area contributed by atoms with E-state index in [1.165, 1.54) is 6.33 Å². The number of hydrogen-bond acceptors (Lipinski definition) is 5. The highest BCUT2D eigenvalue weighted by Gasteiger charge is 2.20. The van der Waals surface area contributed by atoms with E-state index in [0.717, 1.165) is 5.56 Å². The van der Waals surface area contributed by atoms with Crippen LogP contribution in [-0.4, -0.2) is 52.9 Å². The van der Waals surface area contributed by atoms with Crippen LogP contribution in [0.1, 0.15) is 23.0 Å². The van der Waals surface area contributed by atoms with Gasteiger partial charge < -0.3 is 15.1 Å². The van der Waals surface area contributed by atoms with Crippen molar-refractivity contribution in [2.45, 2.75) is 13.5 Å². The predicted molar refractivity (Wildman–Crippen MR) is 99.1 cm³/mol. The summed E-state index contributed by atoms with van der Waals surface area (Å²) in [6.45, 7) is 4.55. The fourth-order valence-electron chi connectivity index (χ4n) is 2.80. The number of carbonyl (C=O) groups excluding carboxylic acids is 2. The zero-order valence-corrected chi connectivity index (χ0v) is 15.2. The van der Waals surface area contributed by atoms with E-state index in [-0.39, 0.29) is 11.8 Å². The van der Waals surface area contributed by atoms with E-state index in [2.05, 4.69) is 15.3 Å². The fraction of sp³-hybridized carbons (Fsp3) is 0.333. The highest BCUT2D eigenvalue weighted by atomic mass is 35.5. The number of anilines is 1. The molecule has 0 unspecified atom stereocenters. The Morgan fingerprint density at radius 2 is 1.88 bits per heavy atom. The molecule has 2 amide bonds. The molecule has 3 rings (SSSR count). The van der Waals surface area contributed by atoms with Crippen molar-refractivity contribution >= 4 is 29.2 Å². The van der Waals surface area contributed by atoms with Gasteiger partial charge in [0.25, 0.3) is 5.91 Å². The van der Waals surface area contributed by atoms with Crippen molar-refractivity contribution in [3.63, 3.8) is 0 Å². The van der Waals surface area contributed by atoms with Gasteiger partial charge in [-0.25, -0.2) is 9.97 Å².